The highest BCUT2D eigenvalue weighted by Gasteiger charge is 2.00. The fourth-order valence-corrected chi connectivity index (χ4v) is 1.56. The average Bonchev–Trinajstić information content (AvgIpc) is 2.56. The van der Waals surface area contributed by atoms with E-state index in [-0.39, 0.29) is 0 Å². The topological polar surface area (TPSA) is 43.3 Å². The van der Waals surface area contributed by atoms with Gasteiger partial charge in [-0.1, -0.05) is 6.07 Å². The zero-order chi connectivity index (χ0) is 9.97. The summed E-state index contributed by atoms with van der Waals surface area (Å²) in [4.78, 5) is 4.50. The van der Waals surface area contributed by atoms with Gasteiger partial charge in [-0.05, 0) is 37.9 Å². The molecule has 0 spiro atoms. The Hall–Kier alpha value is -1.35. The fraction of sp³-hybridized carbons (Fsp3) is 0.364. The summed E-state index contributed by atoms with van der Waals surface area (Å²) >= 11 is 0. The molecule has 0 saturated heterocycles. The monoisotopic (exact) mass is 189 g/mol. The molecule has 0 unspecified atom stereocenters. The van der Waals surface area contributed by atoms with Gasteiger partial charge in [0.1, 0.15) is 5.65 Å². The van der Waals surface area contributed by atoms with Gasteiger partial charge in [0, 0.05) is 12.4 Å². The first-order valence-electron chi connectivity index (χ1n) is 4.94. The number of aromatic nitrogens is 2. The van der Waals surface area contributed by atoms with Gasteiger partial charge in [-0.15, -0.1) is 0 Å². The maximum Gasteiger partial charge on any atom is 0.136 e. The number of hydrogen-bond donors (Lipinski definition) is 1. The summed E-state index contributed by atoms with van der Waals surface area (Å²) in [6, 6.07) is 4.12. The van der Waals surface area contributed by atoms with Crippen molar-refractivity contribution in [2.75, 3.05) is 6.54 Å². The van der Waals surface area contributed by atoms with Crippen molar-refractivity contribution in [1.29, 1.82) is 0 Å². The number of rotatable bonds is 3. The molecule has 0 fully saturated rings. The second-order valence-electron chi connectivity index (χ2n) is 3.60. The molecule has 2 aromatic rings. The average molecular weight is 189 g/mol. The van der Waals surface area contributed by atoms with E-state index in [4.69, 9.17) is 5.73 Å². The molecule has 2 aromatic heterocycles. The van der Waals surface area contributed by atoms with Crippen molar-refractivity contribution < 1.29 is 0 Å². The number of hydrogen-bond acceptors (Lipinski definition) is 2. The second kappa shape index (κ2) is 3.80. The number of pyridine rings is 1. The number of nitrogens with two attached hydrogens (primary N) is 1. The van der Waals surface area contributed by atoms with E-state index in [1.54, 1.807) is 0 Å². The first kappa shape index (κ1) is 9.21. The molecule has 3 nitrogen and oxygen atoms in total. The van der Waals surface area contributed by atoms with E-state index in [1.807, 2.05) is 6.07 Å². The normalized spacial score (nSPS) is 11.0. The van der Waals surface area contributed by atoms with Crippen LogP contribution in [0, 0.1) is 6.92 Å². The number of aryl methyl sites for hydroxylation is 2. The first-order chi connectivity index (χ1) is 6.79. The van der Waals surface area contributed by atoms with Crippen LogP contribution in [0.1, 0.15) is 17.7 Å². The van der Waals surface area contributed by atoms with Crippen LogP contribution >= 0.6 is 0 Å². The molecule has 0 aliphatic heterocycles. The molecule has 0 aromatic carbocycles. The molecule has 2 N–H and O–H groups in total. The van der Waals surface area contributed by atoms with Crippen LogP contribution in [0.3, 0.4) is 0 Å². The maximum atomic E-state index is 5.46. The van der Waals surface area contributed by atoms with Crippen LogP contribution in [0.25, 0.3) is 5.65 Å². The minimum Gasteiger partial charge on any atom is -0.330 e. The Balaban J connectivity index is 2.32. The van der Waals surface area contributed by atoms with Gasteiger partial charge < -0.3 is 10.1 Å². The predicted molar refractivity (Wildman–Crippen MR) is 57.3 cm³/mol. The zero-order valence-electron chi connectivity index (χ0n) is 8.40. The zero-order valence-corrected chi connectivity index (χ0v) is 8.40. The highest BCUT2D eigenvalue weighted by Crippen LogP contribution is 2.08. The summed E-state index contributed by atoms with van der Waals surface area (Å²) in [5, 5.41) is 0. The summed E-state index contributed by atoms with van der Waals surface area (Å²) in [6.45, 7) is 2.81. The SMILES string of the molecule is Cc1ccc2nc(CCCN)cn2c1. The van der Waals surface area contributed by atoms with Crippen LogP contribution in [-0.4, -0.2) is 15.9 Å². The van der Waals surface area contributed by atoms with E-state index < -0.39 is 0 Å². The van der Waals surface area contributed by atoms with E-state index in [2.05, 4.69) is 34.8 Å². The third kappa shape index (κ3) is 1.77. The second-order valence-corrected chi connectivity index (χ2v) is 3.60. The molecule has 14 heavy (non-hydrogen) atoms. The van der Waals surface area contributed by atoms with E-state index >= 15 is 0 Å². The highest BCUT2D eigenvalue weighted by molar-refractivity contribution is 5.41. The van der Waals surface area contributed by atoms with Gasteiger partial charge in [-0.25, -0.2) is 4.98 Å². The lowest BCUT2D eigenvalue weighted by Gasteiger charge is -1.93. The van der Waals surface area contributed by atoms with Gasteiger partial charge in [0.25, 0.3) is 0 Å². The van der Waals surface area contributed by atoms with Crippen molar-refractivity contribution in [1.82, 2.24) is 9.38 Å². The van der Waals surface area contributed by atoms with Crippen LogP contribution in [0.15, 0.2) is 24.5 Å². The molecule has 0 bridgehead atoms. The van der Waals surface area contributed by atoms with Crippen LogP contribution < -0.4 is 5.73 Å². The number of fused-ring (bicyclic) bond motifs is 1. The Morgan fingerprint density at radius 2 is 2.21 bits per heavy atom. The van der Waals surface area contributed by atoms with Crippen LogP contribution in [0.5, 0.6) is 0 Å². The van der Waals surface area contributed by atoms with Gasteiger partial charge in [0.2, 0.25) is 0 Å². The molecule has 74 valence electrons. The Kier molecular flexibility index (Phi) is 2.50. The summed E-state index contributed by atoms with van der Waals surface area (Å²) < 4.78 is 2.07. The third-order valence-electron chi connectivity index (χ3n) is 2.29. The molecular formula is C11H15N3. The maximum absolute atomic E-state index is 5.46. The van der Waals surface area contributed by atoms with E-state index in [0.717, 1.165) is 30.7 Å². The quantitative estimate of drug-likeness (QED) is 0.795. The molecule has 3 heteroatoms. The number of imidazole rings is 1. The molecule has 0 aliphatic rings. The summed E-state index contributed by atoms with van der Waals surface area (Å²) in [6.07, 6.45) is 6.15. The Morgan fingerprint density at radius 3 is 3.00 bits per heavy atom. The summed E-state index contributed by atoms with van der Waals surface area (Å²) in [5.74, 6) is 0. The molecule has 0 saturated carbocycles. The van der Waals surface area contributed by atoms with Gasteiger partial charge in [-0.2, -0.15) is 0 Å². The van der Waals surface area contributed by atoms with E-state index in [9.17, 15) is 0 Å². The van der Waals surface area contributed by atoms with Crippen molar-refractivity contribution in [3.63, 3.8) is 0 Å². The van der Waals surface area contributed by atoms with Crippen molar-refractivity contribution in [3.05, 3.63) is 35.8 Å². The van der Waals surface area contributed by atoms with Crippen molar-refractivity contribution in [2.45, 2.75) is 19.8 Å². The number of nitrogens with zero attached hydrogens (tertiary/aromatic N) is 2. The Morgan fingerprint density at radius 1 is 1.36 bits per heavy atom. The van der Waals surface area contributed by atoms with E-state index in [1.165, 1.54) is 5.56 Å². The Bertz CT molecular complexity index is 431. The third-order valence-corrected chi connectivity index (χ3v) is 2.29. The van der Waals surface area contributed by atoms with Crippen LogP contribution in [-0.2, 0) is 6.42 Å². The van der Waals surface area contributed by atoms with E-state index in [0.29, 0.717) is 0 Å². The van der Waals surface area contributed by atoms with Crippen molar-refractivity contribution >= 4 is 5.65 Å². The fourth-order valence-electron chi connectivity index (χ4n) is 1.56. The van der Waals surface area contributed by atoms with Crippen LogP contribution in [0.4, 0.5) is 0 Å². The van der Waals surface area contributed by atoms with Crippen LogP contribution in [0.2, 0.25) is 0 Å². The Labute approximate surface area is 83.6 Å². The molecule has 2 heterocycles. The van der Waals surface area contributed by atoms with Gasteiger partial charge in [-0.3, -0.25) is 0 Å². The molecule has 0 radical (unpaired) electrons. The standard InChI is InChI=1S/C11H15N3/c1-9-4-5-11-13-10(3-2-6-12)8-14(11)7-9/h4-5,7-8H,2-3,6,12H2,1H3. The molecule has 0 atom stereocenters. The predicted octanol–water partition coefficient (Wildman–Crippen LogP) is 1.53. The van der Waals surface area contributed by atoms with Crippen molar-refractivity contribution in [2.24, 2.45) is 5.73 Å². The molecule has 0 aliphatic carbocycles. The minimum atomic E-state index is 0.729. The smallest absolute Gasteiger partial charge is 0.136 e. The molecular weight excluding hydrogens is 174 g/mol. The molecule has 0 amide bonds. The summed E-state index contributed by atoms with van der Waals surface area (Å²) in [5.41, 5.74) is 8.85. The largest absolute Gasteiger partial charge is 0.330 e. The van der Waals surface area contributed by atoms with Gasteiger partial charge in [0.05, 0.1) is 5.69 Å². The molecule has 2 rings (SSSR count). The highest BCUT2D eigenvalue weighted by atomic mass is 15.0. The lowest BCUT2D eigenvalue weighted by molar-refractivity contribution is 0.816. The van der Waals surface area contributed by atoms with Crippen molar-refractivity contribution in [3.8, 4) is 0 Å². The summed E-state index contributed by atoms with van der Waals surface area (Å²) in [7, 11) is 0. The van der Waals surface area contributed by atoms with Gasteiger partial charge >= 0.3 is 0 Å². The first-order valence-corrected chi connectivity index (χ1v) is 4.94. The van der Waals surface area contributed by atoms with Gasteiger partial charge in [0.15, 0.2) is 0 Å². The minimum absolute atomic E-state index is 0.729. The lowest BCUT2D eigenvalue weighted by atomic mass is 10.2. The lowest BCUT2D eigenvalue weighted by Crippen LogP contribution is -2.00.